The van der Waals surface area contributed by atoms with Gasteiger partial charge in [-0.25, -0.2) is 8.42 Å². The van der Waals surface area contributed by atoms with Crippen LogP contribution in [0.15, 0.2) is 29.2 Å². The fourth-order valence-electron chi connectivity index (χ4n) is 3.96. The Bertz CT molecular complexity index is 844. The number of morpholine rings is 1. The number of amides is 2. The van der Waals surface area contributed by atoms with Gasteiger partial charge in [-0.05, 0) is 37.1 Å². The second-order valence-corrected chi connectivity index (χ2v) is 9.68. The van der Waals surface area contributed by atoms with Crippen molar-refractivity contribution in [3.63, 3.8) is 0 Å². The van der Waals surface area contributed by atoms with Crippen molar-refractivity contribution in [1.82, 2.24) is 9.21 Å². The molecule has 2 amide bonds. The van der Waals surface area contributed by atoms with E-state index in [0.717, 1.165) is 12.8 Å². The van der Waals surface area contributed by atoms with Gasteiger partial charge in [0.25, 0.3) is 0 Å². The van der Waals surface area contributed by atoms with Gasteiger partial charge < -0.3 is 14.5 Å². The normalized spacial score (nSPS) is 20.2. The second-order valence-electron chi connectivity index (χ2n) is 7.74. The lowest BCUT2D eigenvalue weighted by molar-refractivity contribution is -0.139. The van der Waals surface area contributed by atoms with E-state index in [9.17, 15) is 18.0 Å². The van der Waals surface area contributed by atoms with Gasteiger partial charge in [0.05, 0.1) is 24.0 Å². The molecule has 0 radical (unpaired) electrons. The number of hydrogen-bond acceptors (Lipinski definition) is 5. The molecule has 0 N–H and O–H groups in total. The minimum absolute atomic E-state index is 0.0110. The number of carbonyl (C=O) groups is 2. The van der Waals surface area contributed by atoms with Gasteiger partial charge in [0.2, 0.25) is 21.8 Å². The molecule has 30 heavy (non-hydrogen) atoms. The molecular formula is C21H31N3O5S. The largest absolute Gasteiger partial charge is 0.378 e. The third-order valence-electron chi connectivity index (χ3n) is 5.53. The Morgan fingerprint density at radius 2 is 1.70 bits per heavy atom. The van der Waals surface area contributed by atoms with Gasteiger partial charge in [-0.15, -0.1) is 0 Å². The number of rotatable bonds is 8. The maximum atomic E-state index is 12.9. The van der Waals surface area contributed by atoms with Crippen LogP contribution in [0.3, 0.4) is 0 Å². The highest BCUT2D eigenvalue weighted by Crippen LogP contribution is 2.28. The summed E-state index contributed by atoms with van der Waals surface area (Å²) in [5.41, 5.74) is 0.619. The average molecular weight is 438 g/mol. The SMILES string of the molecule is CCCN(CCC)S(=O)(=O)c1ccc(N2C[C@@H](C(=O)N3CCOCC3)CC2=O)cc1. The zero-order valence-corrected chi connectivity index (χ0v) is 18.6. The molecule has 3 rings (SSSR count). The summed E-state index contributed by atoms with van der Waals surface area (Å²) in [7, 11) is -3.56. The molecule has 0 aliphatic carbocycles. The molecule has 166 valence electrons. The van der Waals surface area contributed by atoms with Crippen molar-refractivity contribution >= 4 is 27.5 Å². The van der Waals surface area contributed by atoms with Gasteiger partial charge in [-0.1, -0.05) is 13.8 Å². The highest BCUT2D eigenvalue weighted by atomic mass is 32.2. The molecule has 9 heteroatoms. The first-order valence-electron chi connectivity index (χ1n) is 10.7. The lowest BCUT2D eigenvalue weighted by Gasteiger charge is -2.29. The van der Waals surface area contributed by atoms with Crippen LogP contribution >= 0.6 is 0 Å². The summed E-state index contributed by atoms with van der Waals surface area (Å²) < 4.78 is 32.6. The number of carbonyl (C=O) groups excluding carboxylic acids is 2. The molecule has 0 aromatic heterocycles. The van der Waals surface area contributed by atoms with Crippen molar-refractivity contribution in [2.45, 2.75) is 38.0 Å². The zero-order chi connectivity index (χ0) is 21.7. The molecule has 2 saturated heterocycles. The summed E-state index contributed by atoms with van der Waals surface area (Å²) in [5, 5.41) is 0. The van der Waals surface area contributed by atoms with Gasteiger partial charge in [0.1, 0.15) is 0 Å². The Morgan fingerprint density at radius 3 is 2.27 bits per heavy atom. The molecule has 2 aliphatic heterocycles. The lowest BCUT2D eigenvalue weighted by Crippen LogP contribution is -2.44. The standard InChI is InChI=1S/C21H31N3O5S/c1-3-9-23(10-4-2)30(27,28)19-7-5-18(6-8-19)24-16-17(15-20(24)25)21(26)22-11-13-29-14-12-22/h5-8,17H,3-4,9-16H2,1-2H3/t17-/m0/s1. The van der Waals surface area contributed by atoms with Crippen LogP contribution in [-0.4, -0.2) is 75.4 Å². The van der Waals surface area contributed by atoms with E-state index in [1.54, 1.807) is 34.1 Å². The average Bonchev–Trinajstić information content (AvgIpc) is 3.15. The highest BCUT2D eigenvalue weighted by Gasteiger charge is 2.37. The molecular weight excluding hydrogens is 406 g/mol. The van der Waals surface area contributed by atoms with Crippen molar-refractivity contribution in [2.24, 2.45) is 5.92 Å². The quantitative estimate of drug-likeness (QED) is 0.618. The minimum atomic E-state index is -3.56. The minimum Gasteiger partial charge on any atom is -0.378 e. The number of ether oxygens (including phenoxy) is 1. The Morgan fingerprint density at radius 1 is 1.10 bits per heavy atom. The Balaban J connectivity index is 1.71. The molecule has 0 bridgehead atoms. The van der Waals surface area contributed by atoms with Gasteiger partial charge in [0, 0.05) is 44.8 Å². The van der Waals surface area contributed by atoms with Crippen LogP contribution in [0.25, 0.3) is 0 Å². The highest BCUT2D eigenvalue weighted by molar-refractivity contribution is 7.89. The van der Waals surface area contributed by atoms with E-state index >= 15 is 0 Å². The van der Waals surface area contributed by atoms with Crippen LogP contribution in [0.4, 0.5) is 5.69 Å². The molecule has 2 fully saturated rings. The Labute approximate surface area is 178 Å². The fourth-order valence-corrected chi connectivity index (χ4v) is 5.59. The van der Waals surface area contributed by atoms with Crippen LogP contribution in [0.2, 0.25) is 0 Å². The van der Waals surface area contributed by atoms with Crippen LogP contribution in [-0.2, 0) is 24.3 Å². The summed E-state index contributed by atoms with van der Waals surface area (Å²) in [4.78, 5) is 28.8. The molecule has 8 nitrogen and oxygen atoms in total. The molecule has 1 atom stereocenters. The first-order valence-corrected chi connectivity index (χ1v) is 12.1. The van der Waals surface area contributed by atoms with Crippen molar-refractivity contribution in [1.29, 1.82) is 0 Å². The molecule has 2 heterocycles. The van der Waals surface area contributed by atoms with Crippen LogP contribution in [0.5, 0.6) is 0 Å². The third-order valence-corrected chi connectivity index (χ3v) is 7.44. The van der Waals surface area contributed by atoms with Gasteiger partial charge in [-0.3, -0.25) is 9.59 Å². The Hall–Kier alpha value is -1.97. The van der Waals surface area contributed by atoms with E-state index in [2.05, 4.69) is 0 Å². The number of anilines is 1. The summed E-state index contributed by atoms with van der Waals surface area (Å²) >= 11 is 0. The summed E-state index contributed by atoms with van der Waals surface area (Å²) in [6.07, 6.45) is 1.67. The molecule has 0 spiro atoms. The summed E-state index contributed by atoms with van der Waals surface area (Å²) in [5.74, 6) is -0.498. The first kappa shape index (κ1) is 22.7. The molecule has 0 unspecified atom stereocenters. The Kier molecular flexibility index (Phi) is 7.49. The molecule has 0 saturated carbocycles. The summed E-state index contributed by atoms with van der Waals surface area (Å²) in [6, 6.07) is 6.41. The van der Waals surface area contributed by atoms with E-state index in [1.807, 2.05) is 13.8 Å². The van der Waals surface area contributed by atoms with E-state index < -0.39 is 10.0 Å². The molecule has 1 aromatic carbocycles. The number of sulfonamides is 1. The van der Waals surface area contributed by atoms with E-state index in [0.29, 0.717) is 51.6 Å². The topological polar surface area (TPSA) is 87.2 Å². The maximum Gasteiger partial charge on any atom is 0.243 e. The number of nitrogens with zero attached hydrogens (tertiary/aromatic N) is 3. The van der Waals surface area contributed by atoms with Gasteiger partial charge in [-0.2, -0.15) is 4.31 Å². The van der Waals surface area contributed by atoms with Gasteiger partial charge in [0.15, 0.2) is 0 Å². The van der Waals surface area contributed by atoms with Crippen molar-refractivity contribution in [2.75, 3.05) is 50.8 Å². The third kappa shape index (κ3) is 4.84. The zero-order valence-electron chi connectivity index (χ0n) is 17.7. The smallest absolute Gasteiger partial charge is 0.243 e. The van der Waals surface area contributed by atoms with Gasteiger partial charge >= 0.3 is 0 Å². The van der Waals surface area contributed by atoms with E-state index in [1.165, 1.54) is 4.31 Å². The van der Waals surface area contributed by atoms with Crippen LogP contribution in [0.1, 0.15) is 33.1 Å². The van der Waals surface area contributed by atoms with Crippen molar-refractivity contribution in [3.05, 3.63) is 24.3 Å². The first-order chi connectivity index (χ1) is 14.4. The predicted molar refractivity (Wildman–Crippen MR) is 114 cm³/mol. The van der Waals surface area contributed by atoms with Crippen LogP contribution < -0.4 is 4.90 Å². The number of benzene rings is 1. The lowest BCUT2D eigenvalue weighted by atomic mass is 10.1. The van der Waals surface area contributed by atoms with E-state index in [4.69, 9.17) is 4.74 Å². The predicted octanol–water partition coefficient (Wildman–Crippen LogP) is 1.71. The molecule has 2 aliphatic rings. The monoisotopic (exact) mass is 437 g/mol. The number of hydrogen-bond donors (Lipinski definition) is 0. The van der Waals surface area contributed by atoms with Crippen molar-refractivity contribution in [3.8, 4) is 0 Å². The second kappa shape index (κ2) is 9.89. The fraction of sp³-hybridized carbons (Fsp3) is 0.619. The van der Waals surface area contributed by atoms with E-state index in [-0.39, 0.29) is 29.0 Å². The summed E-state index contributed by atoms with van der Waals surface area (Å²) in [6.45, 7) is 7.35. The van der Waals surface area contributed by atoms with Crippen molar-refractivity contribution < 1.29 is 22.7 Å². The molecule has 1 aromatic rings. The maximum absolute atomic E-state index is 12.9. The van der Waals surface area contributed by atoms with Crippen LogP contribution in [0, 0.1) is 5.92 Å².